The Morgan fingerprint density at radius 2 is 2.06 bits per heavy atom. The number of hydrogen-bond acceptors (Lipinski definition) is 2. The van der Waals surface area contributed by atoms with Crippen LogP contribution in [0.25, 0.3) is 11.6 Å². The van der Waals surface area contributed by atoms with Crippen molar-refractivity contribution in [3.8, 4) is 0 Å². The molecule has 90 valence electrons. The third-order valence-electron chi connectivity index (χ3n) is 2.37. The quantitative estimate of drug-likeness (QED) is 0.624. The van der Waals surface area contributed by atoms with E-state index < -0.39 is 5.82 Å². The monoisotopic (exact) mass is 261 g/mol. The number of hydrogen-bond donors (Lipinski definition) is 0. The normalized spacial score (nSPS) is 11.3. The molecular weight excluding hydrogens is 253 g/mol. The van der Waals surface area contributed by atoms with Gasteiger partial charge < -0.3 is 0 Å². The first kappa shape index (κ1) is 12.5. The molecule has 0 saturated heterocycles. The number of carbonyl (C=O) groups excluding carboxylic acids is 1. The zero-order chi connectivity index (χ0) is 13.0. The summed E-state index contributed by atoms with van der Waals surface area (Å²) in [5.41, 5.74) is 0.829. The molecule has 0 N–H and O–H groups in total. The third-order valence-corrected chi connectivity index (χ3v) is 2.68. The first-order valence-corrected chi connectivity index (χ1v) is 5.62. The Morgan fingerprint density at radius 3 is 2.67 bits per heavy atom. The zero-order valence-electron chi connectivity index (χ0n) is 9.31. The molecule has 0 atom stereocenters. The molecule has 0 aliphatic heterocycles. The van der Waals surface area contributed by atoms with Gasteiger partial charge in [0, 0.05) is 17.3 Å². The summed E-state index contributed by atoms with van der Waals surface area (Å²) in [6.07, 6.45) is 3.66. The molecule has 0 aliphatic carbocycles. The minimum Gasteiger partial charge on any atom is -0.298 e. The summed E-state index contributed by atoms with van der Waals surface area (Å²) in [6, 6.07) is 9.55. The molecule has 1 aromatic carbocycles. The number of carbonyl (C=O) groups is 1. The fraction of sp³-hybridized carbons (Fsp3) is 0. The third kappa shape index (κ3) is 2.63. The predicted octanol–water partition coefficient (Wildman–Crippen LogP) is 3.61. The molecule has 0 radical (unpaired) electrons. The molecule has 2 nitrogen and oxygen atoms in total. The number of allylic oxidation sites excluding steroid dienone is 1. The maximum Gasteiger partial charge on any atom is 0.150 e. The van der Waals surface area contributed by atoms with Crippen LogP contribution in [0.2, 0.25) is 5.02 Å². The van der Waals surface area contributed by atoms with Crippen LogP contribution in [0, 0.1) is 5.82 Å². The van der Waals surface area contributed by atoms with E-state index in [2.05, 4.69) is 4.98 Å². The van der Waals surface area contributed by atoms with Crippen molar-refractivity contribution in [2.75, 3.05) is 0 Å². The summed E-state index contributed by atoms with van der Waals surface area (Å²) in [5.74, 6) is -0.531. The van der Waals surface area contributed by atoms with Crippen LogP contribution in [-0.4, -0.2) is 11.3 Å². The van der Waals surface area contributed by atoms with Gasteiger partial charge in [-0.15, -0.1) is 0 Å². The van der Waals surface area contributed by atoms with E-state index in [4.69, 9.17) is 11.6 Å². The summed E-state index contributed by atoms with van der Waals surface area (Å²) >= 11 is 5.91. The van der Waals surface area contributed by atoms with Crippen LogP contribution in [0.5, 0.6) is 0 Å². The summed E-state index contributed by atoms with van der Waals surface area (Å²) in [5, 5.41) is 0.198. The zero-order valence-corrected chi connectivity index (χ0v) is 10.1. The van der Waals surface area contributed by atoms with E-state index in [1.165, 1.54) is 24.3 Å². The number of pyridine rings is 1. The molecule has 0 fully saturated rings. The van der Waals surface area contributed by atoms with Crippen LogP contribution >= 0.6 is 11.6 Å². The van der Waals surface area contributed by atoms with E-state index in [0.717, 1.165) is 0 Å². The van der Waals surface area contributed by atoms with Gasteiger partial charge in [-0.3, -0.25) is 9.78 Å². The van der Waals surface area contributed by atoms with Crippen molar-refractivity contribution in [2.45, 2.75) is 0 Å². The van der Waals surface area contributed by atoms with Crippen molar-refractivity contribution in [2.24, 2.45) is 0 Å². The number of aromatic nitrogens is 1. The smallest absolute Gasteiger partial charge is 0.150 e. The topological polar surface area (TPSA) is 30.0 Å². The van der Waals surface area contributed by atoms with Gasteiger partial charge in [0.1, 0.15) is 5.82 Å². The van der Waals surface area contributed by atoms with Gasteiger partial charge in [-0.25, -0.2) is 4.39 Å². The lowest BCUT2D eigenvalue weighted by Gasteiger charge is -2.05. The molecule has 0 spiro atoms. The van der Waals surface area contributed by atoms with Gasteiger partial charge in [0.15, 0.2) is 6.29 Å². The van der Waals surface area contributed by atoms with Gasteiger partial charge >= 0.3 is 0 Å². The first-order valence-electron chi connectivity index (χ1n) is 5.24. The SMILES string of the molecule is O=CC(=Cc1ccccn1)c1c(F)cccc1Cl. The van der Waals surface area contributed by atoms with Crippen molar-refractivity contribution in [3.05, 3.63) is 64.7 Å². The largest absolute Gasteiger partial charge is 0.298 e. The van der Waals surface area contributed by atoms with Crippen LogP contribution in [0.15, 0.2) is 42.6 Å². The minimum absolute atomic E-state index is 0.0971. The highest BCUT2D eigenvalue weighted by Gasteiger charge is 2.11. The molecule has 4 heteroatoms. The van der Waals surface area contributed by atoms with Crippen LogP contribution in [-0.2, 0) is 4.79 Å². The molecule has 0 unspecified atom stereocenters. The fourth-order valence-electron chi connectivity index (χ4n) is 1.56. The number of nitrogens with zero attached hydrogens (tertiary/aromatic N) is 1. The maximum atomic E-state index is 13.7. The minimum atomic E-state index is -0.531. The molecule has 1 aromatic heterocycles. The van der Waals surface area contributed by atoms with Crippen molar-refractivity contribution in [1.29, 1.82) is 0 Å². The molecule has 0 amide bonds. The highest BCUT2D eigenvalue weighted by atomic mass is 35.5. The Bertz CT molecular complexity index is 576. The standard InChI is InChI=1S/C14H9ClFNO/c15-12-5-3-6-13(16)14(12)10(9-18)8-11-4-1-2-7-17-11/h1-9H. The second-order valence-electron chi connectivity index (χ2n) is 3.57. The summed E-state index contributed by atoms with van der Waals surface area (Å²) in [4.78, 5) is 15.1. The Balaban J connectivity index is 2.53. The molecule has 2 aromatic rings. The van der Waals surface area contributed by atoms with Crippen molar-refractivity contribution < 1.29 is 9.18 Å². The summed E-state index contributed by atoms with van der Waals surface area (Å²) < 4.78 is 13.7. The lowest BCUT2D eigenvalue weighted by atomic mass is 10.0. The number of halogens is 2. The number of rotatable bonds is 3. The van der Waals surface area contributed by atoms with Crippen molar-refractivity contribution >= 4 is 29.5 Å². The number of benzene rings is 1. The van der Waals surface area contributed by atoms with Gasteiger partial charge in [0.25, 0.3) is 0 Å². The van der Waals surface area contributed by atoms with Crippen LogP contribution in [0.4, 0.5) is 4.39 Å². The Hall–Kier alpha value is -2.00. The highest BCUT2D eigenvalue weighted by Crippen LogP contribution is 2.26. The van der Waals surface area contributed by atoms with Gasteiger partial charge in [0.05, 0.1) is 10.7 Å². The van der Waals surface area contributed by atoms with E-state index in [0.29, 0.717) is 12.0 Å². The van der Waals surface area contributed by atoms with E-state index in [9.17, 15) is 9.18 Å². The van der Waals surface area contributed by atoms with E-state index in [-0.39, 0.29) is 16.2 Å². The van der Waals surface area contributed by atoms with Crippen LogP contribution in [0.1, 0.15) is 11.3 Å². The van der Waals surface area contributed by atoms with Crippen LogP contribution in [0.3, 0.4) is 0 Å². The lowest BCUT2D eigenvalue weighted by molar-refractivity contribution is -0.103. The van der Waals surface area contributed by atoms with Gasteiger partial charge in [-0.2, -0.15) is 0 Å². The molecule has 0 aliphatic rings. The van der Waals surface area contributed by atoms with Gasteiger partial charge in [0.2, 0.25) is 0 Å². The maximum absolute atomic E-state index is 13.7. The van der Waals surface area contributed by atoms with E-state index >= 15 is 0 Å². The summed E-state index contributed by atoms with van der Waals surface area (Å²) in [6.45, 7) is 0. The molecule has 0 saturated carbocycles. The molecular formula is C14H9ClFNO. The Labute approximate surface area is 109 Å². The molecule has 18 heavy (non-hydrogen) atoms. The molecule has 1 heterocycles. The predicted molar refractivity (Wildman–Crippen MR) is 69.6 cm³/mol. The fourth-order valence-corrected chi connectivity index (χ4v) is 1.83. The lowest BCUT2D eigenvalue weighted by Crippen LogP contribution is -1.93. The number of aldehydes is 1. The highest BCUT2D eigenvalue weighted by molar-refractivity contribution is 6.34. The second-order valence-corrected chi connectivity index (χ2v) is 3.98. The Morgan fingerprint density at radius 1 is 1.22 bits per heavy atom. The Kier molecular flexibility index (Phi) is 3.85. The second kappa shape index (κ2) is 5.56. The van der Waals surface area contributed by atoms with Gasteiger partial charge in [-0.1, -0.05) is 23.7 Å². The average Bonchev–Trinajstić information content (AvgIpc) is 2.38. The first-order chi connectivity index (χ1) is 8.72. The van der Waals surface area contributed by atoms with Crippen molar-refractivity contribution in [1.82, 2.24) is 4.98 Å². The summed E-state index contributed by atoms with van der Waals surface area (Å²) in [7, 11) is 0. The van der Waals surface area contributed by atoms with E-state index in [1.54, 1.807) is 24.4 Å². The van der Waals surface area contributed by atoms with Gasteiger partial charge in [-0.05, 0) is 30.3 Å². The molecule has 2 rings (SSSR count). The van der Waals surface area contributed by atoms with Crippen molar-refractivity contribution in [3.63, 3.8) is 0 Å². The van der Waals surface area contributed by atoms with Crippen LogP contribution < -0.4 is 0 Å². The average molecular weight is 262 g/mol. The van der Waals surface area contributed by atoms with E-state index in [1.807, 2.05) is 0 Å². The molecule has 0 bridgehead atoms.